The maximum atomic E-state index is 11.4. The second-order valence-electron chi connectivity index (χ2n) is 4.48. The van der Waals surface area contributed by atoms with Crippen molar-refractivity contribution in [2.24, 2.45) is 0 Å². The molecule has 82 valence electrons. The van der Waals surface area contributed by atoms with Crippen molar-refractivity contribution < 1.29 is 9.90 Å². The van der Waals surface area contributed by atoms with Crippen LogP contribution in [0.1, 0.15) is 26.2 Å². The molecule has 0 bridgehead atoms. The average molecular weight is 200 g/mol. The zero-order valence-corrected chi connectivity index (χ0v) is 9.21. The summed E-state index contributed by atoms with van der Waals surface area (Å²) in [6.07, 6.45) is 2.53. The summed E-state index contributed by atoms with van der Waals surface area (Å²) in [4.78, 5) is 13.0. The summed E-state index contributed by atoms with van der Waals surface area (Å²) < 4.78 is 0. The van der Waals surface area contributed by atoms with Crippen LogP contribution >= 0.6 is 0 Å². The molecule has 0 saturated heterocycles. The molecule has 4 nitrogen and oxygen atoms in total. The Morgan fingerprint density at radius 3 is 2.50 bits per heavy atom. The van der Waals surface area contributed by atoms with E-state index in [1.807, 2.05) is 6.92 Å². The molecule has 0 aromatic carbocycles. The van der Waals surface area contributed by atoms with Gasteiger partial charge >= 0.3 is 0 Å². The lowest BCUT2D eigenvalue weighted by Gasteiger charge is -2.21. The van der Waals surface area contributed by atoms with Crippen molar-refractivity contribution in [3.05, 3.63) is 0 Å². The molecule has 1 aliphatic rings. The van der Waals surface area contributed by atoms with Gasteiger partial charge in [0.1, 0.15) is 0 Å². The first-order valence-electron chi connectivity index (χ1n) is 5.08. The Hall–Kier alpha value is -0.610. The van der Waals surface area contributed by atoms with Crippen molar-refractivity contribution in [1.29, 1.82) is 0 Å². The summed E-state index contributed by atoms with van der Waals surface area (Å²) in [5.74, 6) is 0.124. The Morgan fingerprint density at radius 1 is 1.57 bits per heavy atom. The van der Waals surface area contributed by atoms with Crippen LogP contribution in [0.15, 0.2) is 0 Å². The number of hydrogen-bond acceptors (Lipinski definition) is 3. The van der Waals surface area contributed by atoms with Crippen molar-refractivity contribution >= 4 is 5.91 Å². The van der Waals surface area contributed by atoms with Crippen molar-refractivity contribution in [3.63, 3.8) is 0 Å². The fraction of sp³-hybridized carbons (Fsp3) is 0.900. The fourth-order valence-electron chi connectivity index (χ4n) is 1.52. The number of nitrogens with zero attached hydrogens (tertiary/aromatic N) is 1. The normalized spacial score (nSPS) is 20.3. The second-order valence-corrected chi connectivity index (χ2v) is 4.48. The van der Waals surface area contributed by atoms with E-state index in [0.717, 1.165) is 12.8 Å². The zero-order chi connectivity index (χ0) is 10.8. The summed E-state index contributed by atoms with van der Waals surface area (Å²) in [6.45, 7) is 2.16. The summed E-state index contributed by atoms with van der Waals surface area (Å²) >= 11 is 0. The Bertz CT molecular complexity index is 212. The van der Waals surface area contributed by atoms with Gasteiger partial charge in [0.05, 0.1) is 6.61 Å². The Labute approximate surface area is 85.3 Å². The first-order valence-corrected chi connectivity index (χ1v) is 5.08. The maximum Gasteiger partial charge on any atom is 0.223 e. The monoisotopic (exact) mass is 200 g/mol. The van der Waals surface area contributed by atoms with Crippen LogP contribution in [0.4, 0.5) is 0 Å². The van der Waals surface area contributed by atoms with Crippen LogP contribution in [-0.4, -0.2) is 48.2 Å². The lowest BCUT2D eigenvalue weighted by Crippen LogP contribution is -2.43. The number of aliphatic hydroxyl groups excluding tert-OH is 1. The summed E-state index contributed by atoms with van der Waals surface area (Å²) in [6, 6.07) is 0.138. The van der Waals surface area contributed by atoms with Crippen molar-refractivity contribution in [2.75, 3.05) is 20.7 Å². The third-order valence-corrected chi connectivity index (χ3v) is 2.69. The van der Waals surface area contributed by atoms with Crippen LogP contribution in [0, 0.1) is 0 Å². The highest BCUT2D eigenvalue weighted by molar-refractivity contribution is 5.76. The molecule has 1 unspecified atom stereocenters. The molecular weight excluding hydrogens is 180 g/mol. The first kappa shape index (κ1) is 11.5. The molecule has 0 radical (unpaired) electrons. The number of carbonyl (C=O) groups excluding carboxylic acids is 1. The molecule has 4 heteroatoms. The Balaban J connectivity index is 2.29. The van der Waals surface area contributed by atoms with Gasteiger partial charge in [0, 0.05) is 32.1 Å². The van der Waals surface area contributed by atoms with Gasteiger partial charge < -0.3 is 15.3 Å². The lowest BCUT2D eigenvalue weighted by molar-refractivity contribution is -0.129. The van der Waals surface area contributed by atoms with Gasteiger partial charge in [-0.25, -0.2) is 0 Å². The molecular formula is C10H20N2O2. The molecule has 1 aliphatic carbocycles. The summed E-state index contributed by atoms with van der Waals surface area (Å²) in [5.41, 5.74) is -0.0774. The molecule has 0 spiro atoms. The van der Waals surface area contributed by atoms with Gasteiger partial charge in [0.15, 0.2) is 0 Å². The molecule has 1 amide bonds. The molecule has 2 N–H and O–H groups in total. The van der Waals surface area contributed by atoms with E-state index < -0.39 is 0 Å². The molecule has 1 atom stereocenters. The van der Waals surface area contributed by atoms with Crippen LogP contribution in [0.25, 0.3) is 0 Å². The second kappa shape index (κ2) is 4.28. The van der Waals surface area contributed by atoms with E-state index in [0.29, 0.717) is 6.42 Å². The molecule has 0 aromatic heterocycles. The third kappa shape index (κ3) is 2.96. The van der Waals surface area contributed by atoms with Crippen LogP contribution < -0.4 is 5.32 Å². The largest absolute Gasteiger partial charge is 0.394 e. The highest BCUT2D eigenvalue weighted by Crippen LogP contribution is 2.35. The molecule has 1 fully saturated rings. The average Bonchev–Trinajstić information content (AvgIpc) is 2.85. The van der Waals surface area contributed by atoms with Gasteiger partial charge in [-0.15, -0.1) is 0 Å². The number of carbonyl (C=O) groups is 1. The zero-order valence-electron chi connectivity index (χ0n) is 9.21. The predicted molar refractivity (Wildman–Crippen MR) is 55.0 cm³/mol. The number of rotatable bonds is 5. The summed E-state index contributed by atoms with van der Waals surface area (Å²) in [5, 5.41) is 12.4. The maximum absolute atomic E-state index is 11.4. The first-order chi connectivity index (χ1) is 6.49. The minimum Gasteiger partial charge on any atom is -0.394 e. The number of nitrogens with one attached hydrogen (secondary N) is 1. The molecule has 0 aliphatic heterocycles. The van der Waals surface area contributed by atoms with Crippen LogP contribution in [-0.2, 0) is 4.79 Å². The number of amides is 1. The van der Waals surface area contributed by atoms with Gasteiger partial charge in [-0.05, 0) is 19.8 Å². The van der Waals surface area contributed by atoms with Gasteiger partial charge in [0.25, 0.3) is 0 Å². The van der Waals surface area contributed by atoms with Crippen molar-refractivity contribution in [1.82, 2.24) is 10.2 Å². The van der Waals surface area contributed by atoms with Crippen LogP contribution in [0.3, 0.4) is 0 Å². The van der Waals surface area contributed by atoms with E-state index in [-0.39, 0.29) is 24.1 Å². The predicted octanol–water partition coefficient (Wildman–Crippen LogP) is -0.0323. The van der Waals surface area contributed by atoms with Gasteiger partial charge in [-0.3, -0.25) is 4.79 Å². The van der Waals surface area contributed by atoms with E-state index in [1.165, 1.54) is 0 Å². The Kier molecular flexibility index (Phi) is 3.50. The lowest BCUT2D eigenvalue weighted by atomic mass is 10.1. The molecule has 1 saturated carbocycles. The molecule has 1 rings (SSSR count). The summed E-state index contributed by atoms with van der Waals surface area (Å²) in [7, 11) is 3.52. The third-order valence-electron chi connectivity index (χ3n) is 2.69. The molecule has 0 heterocycles. The van der Waals surface area contributed by atoms with E-state index in [1.54, 1.807) is 19.0 Å². The Morgan fingerprint density at radius 2 is 2.14 bits per heavy atom. The quantitative estimate of drug-likeness (QED) is 0.655. The highest BCUT2D eigenvalue weighted by Gasteiger charge is 2.42. The smallest absolute Gasteiger partial charge is 0.223 e. The minimum atomic E-state index is -0.0774. The number of aliphatic hydroxyl groups is 1. The minimum absolute atomic E-state index is 0.0774. The van der Waals surface area contributed by atoms with E-state index in [9.17, 15) is 4.79 Å². The van der Waals surface area contributed by atoms with E-state index >= 15 is 0 Å². The number of hydrogen-bond donors (Lipinski definition) is 2. The molecule has 0 aromatic rings. The van der Waals surface area contributed by atoms with Gasteiger partial charge in [0.2, 0.25) is 5.91 Å². The van der Waals surface area contributed by atoms with Crippen LogP contribution in [0.5, 0.6) is 0 Å². The standard InChI is InChI=1S/C10H20N2O2/c1-8(6-9(14)12(2)3)11-10(7-13)4-5-10/h8,11,13H,4-7H2,1-3H3. The van der Waals surface area contributed by atoms with E-state index in [2.05, 4.69) is 5.32 Å². The van der Waals surface area contributed by atoms with Crippen LogP contribution in [0.2, 0.25) is 0 Å². The molecule has 14 heavy (non-hydrogen) atoms. The van der Waals surface area contributed by atoms with Crippen molar-refractivity contribution in [2.45, 2.75) is 37.8 Å². The van der Waals surface area contributed by atoms with Crippen molar-refractivity contribution in [3.8, 4) is 0 Å². The fourth-order valence-corrected chi connectivity index (χ4v) is 1.52. The van der Waals surface area contributed by atoms with E-state index in [4.69, 9.17) is 5.11 Å². The van der Waals surface area contributed by atoms with Gasteiger partial charge in [-0.1, -0.05) is 0 Å². The topological polar surface area (TPSA) is 52.6 Å². The highest BCUT2D eigenvalue weighted by atomic mass is 16.3. The SMILES string of the molecule is CC(CC(=O)N(C)C)NC1(CO)CC1. The van der Waals surface area contributed by atoms with Gasteiger partial charge in [-0.2, -0.15) is 0 Å².